The third kappa shape index (κ3) is 4.50. The Kier molecular flexibility index (Phi) is 6.39. The lowest BCUT2D eigenvalue weighted by molar-refractivity contribution is 1.07. The molecule has 11 rings (SSSR count). The minimum atomic E-state index is 0.653. The van der Waals surface area contributed by atoms with E-state index in [0.717, 1.165) is 33.2 Å². The zero-order valence-corrected chi connectivity index (χ0v) is 28.7. The van der Waals surface area contributed by atoms with E-state index in [0.29, 0.717) is 17.5 Å². The Morgan fingerprint density at radius 3 is 1.65 bits per heavy atom. The van der Waals surface area contributed by atoms with Gasteiger partial charge in [-0.25, -0.2) is 15.0 Å². The number of benzene rings is 8. The highest BCUT2D eigenvalue weighted by molar-refractivity contribution is 7.26. The van der Waals surface area contributed by atoms with Crippen LogP contribution in [0.4, 0.5) is 0 Å². The van der Waals surface area contributed by atoms with Gasteiger partial charge in [-0.15, -0.1) is 11.3 Å². The molecule has 0 N–H and O–H groups in total. The van der Waals surface area contributed by atoms with E-state index in [9.17, 15) is 0 Å². The van der Waals surface area contributed by atoms with Crippen molar-refractivity contribution in [3.05, 3.63) is 170 Å². The molecule has 8 aromatic carbocycles. The van der Waals surface area contributed by atoms with Crippen LogP contribution in [0, 0.1) is 0 Å². The fourth-order valence-corrected chi connectivity index (χ4v) is 8.99. The number of hydrogen-bond donors (Lipinski definition) is 0. The van der Waals surface area contributed by atoms with Crippen molar-refractivity contribution in [2.24, 2.45) is 0 Å². The first-order valence-corrected chi connectivity index (χ1v) is 18.3. The summed E-state index contributed by atoms with van der Waals surface area (Å²) in [7, 11) is 0. The molecule has 0 amide bonds. The van der Waals surface area contributed by atoms with Crippen LogP contribution in [0.15, 0.2) is 170 Å². The largest absolute Gasteiger partial charge is 0.309 e. The topological polar surface area (TPSA) is 43.6 Å². The zero-order chi connectivity index (χ0) is 34.2. The maximum Gasteiger partial charge on any atom is 0.164 e. The van der Waals surface area contributed by atoms with Gasteiger partial charge in [0.1, 0.15) is 0 Å². The van der Waals surface area contributed by atoms with Crippen molar-refractivity contribution < 1.29 is 0 Å². The zero-order valence-electron chi connectivity index (χ0n) is 27.9. The summed E-state index contributed by atoms with van der Waals surface area (Å²) >= 11 is 1.89. The number of nitrogens with zero attached hydrogens (tertiary/aromatic N) is 4. The van der Waals surface area contributed by atoms with Gasteiger partial charge in [0.05, 0.1) is 11.0 Å². The average Bonchev–Trinajstić information content (AvgIpc) is 3.77. The van der Waals surface area contributed by atoms with Crippen LogP contribution in [0.2, 0.25) is 0 Å². The molecule has 0 unspecified atom stereocenters. The van der Waals surface area contributed by atoms with Crippen molar-refractivity contribution in [1.29, 1.82) is 0 Å². The summed E-state index contributed by atoms with van der Waals surface area (Å²) in [6.45, 7) is 0. The van der Waals surface area contributed by atoms with Gasteiger partial charge in [-0.3, -0.25) is 0 Å². The second-order valence-corrected chi connectivity index (χ2v) is 14.3. The molecule has 0 bridgehead atoms. The molecule has 0 fully saturated rings. The van der Waals surface area contributed by atoms with Gasteiger partial charge in [-0.1, -0.05) is 140 Å². The molecular formula is C47H28N4S. The monoisotopic (exact) mass is 680 g/mol. The standard InChI is InChI=1S/C47H28N4S/c1-3-11-29(12-4-1)45-48-46(30-13-5-2-6-14-30)50-47(49-45)33-20-19-32-28-34(22-21-31(32)27-33)51-41-17-9-7-15-35(41)37-23-26-40-38(43(37)51)24-25-39-36-16-8-10-18-42(36)52-44(39)40/h1-28H. The van der Waals surface area contributed by atoms with Gasteiger partial charge < -0.3 is 4.57 Å². The first-order chi connectivity index (χ1) is 25.8. The van der Waals surface area contributed by atoms with Crippen molar-refractivity contribution in [2.45, 2.75) is 0 Å². The molecule has 0 radical (unpaired) electrons. The summed E-state index contributed by atoms with van der Waals surface area (Å²) in [4.78, 5) is 14.8. The Morgan fingerprint density at radius 2 is 0.923 bits per heavy atom. The van der Waals surface area contributed by atoms with Gasteiger partial charge in [-0.05, 0) is 41.1 Å². The Labute approximate surface area is 302 Å². The van der Waals surface area contributed by atoms with E-state index in [2.05, 4.69) is 114 Å². The minimum absolute atomic E-state index is 0.653. The molecule has 0 aliphatic heterocycles. The van der Waals surface area contributed by atoms with Gasteiger partial charge in [0.2, 0.25) is 0 Å². The van der Waals surface area contributed by atoms with E-state index in [1.54, 1.807) is 0 Å². The summed E-state index contributed by atoms with van der Waals surface area (Å²) in [6.07, 6.45) is 0. The number of hydrogen-bond acceptors (Lipinski definition) is 4. The van der Waals surface area contributed by atoms with E-state index < -0.39 is 0 Å². The molecule has 0 atom stereocenters. The van der Waals surface area contributed by atoms with Crippen LogP contribution in [0.25, 0.3) is 103 Å². The number of para-hydroxylation sites is 1. The summed E-state index contributed by atoms with van der Waals surface area (Å²) < 4.78 is 5.11. The maximum absolute atomic E-state index is 4.97. The van der Waals surface area contributed by atoms with Crippen molar-refractivity contribution in [3.63, 3.8) is 0 Å². The van der Waals surface area contributed by atoms with Crippen LogP contribution in [0.5, 0.6) is 0 Å². The van der Waals surface area contributed by atoms with Crippen molar-refractivity contribution in [3.8, 4) is 39.9 Å². The lowest BCUT2D eigenvalue weighted by Crippen LogP contribution is -2.00. The Balaban J connectivity index is 1.09. The SMILES string of the molecule is c1ccc(-c2nc(-c3ccccc3)nc(-c3ccc4cc(-n5c6ccccc6c6ccc7c(ccc8c9ccccc9sc87)c65)ccc4c3)n2)cc1. The van der Waals surface area contributed by atoms with E-state index in [-0.39, 0.29) is 0 Å². The van der Waals surface area contributed by atoms with Gasteiger partial charge in [0.25, 0.3) is 0 Å². The highest BCUT2D eigenvalue weighted by atomic mass is 32.1. The molecule has 0 spiro atoms. The molecule has 0 saturated heterocycles. The second kappa shape index (κ2) is 11.4. The molecular weight excluding hydrogens is 653 g/mol. The predicted octanol–water partition coefficient (Wildman–Crippen LogP) is 12.6. The Bertz CT molecular complexity index is 3120. The van der Waals surface area contributed by atoms with Crippen LogP contribution in [0.1, 0.15) is 0 Å². The molecule has 52 heavy (non-hydrogen) atoms. The minimum Gasteiger partial charge on any atom is -0.309 e. The van der Waals surface area contributed by atoms with Gasteiger partial charge in [0.15, 0.2) is 17.5 Å². The molecule has 0 aliphatic rings. The fourth-order valence-electron chi connectivity index (χ4n) is 7.76. The van der Waals surface area contributed by atoms with Gasteiger partial charge >= 0.3 is 0 Å². The van der Waals surface area contributed by atoms with Crippen LogP contribution >= 0.6 is 11.3 Å². The number of fused-ring (bicyclic) bond motifs is 10. The molecule has 0 saturated carbocycles. The predicted molar refractivity (Wildman–Crippen MR) is 218 cm³/mol. The van der Waals surface area contributed by atoms with Crippen molar-refractivity contribution in [1.82, 2.24) is 19.5 Å². The maximum atomic E-state index is 4.97. The van der Waals surface area contributed by atoms with Crippen LogP contribution in [-0.2, 0) is 0 Å². The lowest BCUT2D eigenvalue weighted by Gasteiger charge is -2.12. The van der Waals surface area contributed by atoms with Crippen LogP contribution < -0.4 is 0 Å². The first kappa shape index (κ1) is 29.1. The van der Waals surface area contributed by atoms with E-state index in [1.807, 2.05) is 72.0 Å². The van der Waals surface area contributed by atoms with Crippen molar-refractivity contribution in [2.75, 3.05) is 0 Å². The number of thiophene rings is 1. The number of rotatable bonds is 4. The van der Waals surface area contributed by atoms with Gasteiger partial charge in [0, 0.05) is 64.1 Å². The van der Waals surface area contributed by atoms with Crippen molar-refractivity contribution >= 4 is 74.9 Å². The van der Waals surface area contributed by atoms with Crippen LogP contribution in [-0.4, -0.2) is 19.5 Å². The first-order valence-electron chi connectivity index (χ1n) is 17.4. The van der Waals surface area contributed by atoms with Gasteiger partial charge in [-0.2, -0.15) is 0 Å². The molecule has 3 aromatic heterocycles. The molecule has 11 aromatic rings. The normalized spacial score (nSPS) is 11.8. The Hall–Kier alpha value is -6.69. The third-order valence-electron chi connectivity index (χ3n) is 10.2. The fraction of sp³-hybridized carbons (Fsp3) is 0. The molecule has 5 heteroatoms. The average molecular weight is 681 g/mol. The van der Waals surface area contributed by atoms with E-state index >= 15 is 0 Å². The third-order valence-corrected chi connectivity index (χ3v) is 11.4. The van der Waals surface area contributed by atoms with E-state index in [1.165, 1.54) is 52.8 Å². The second-order valence-electron chi connectivity index (χ2n) is 13.2. The molecule has 4 nitrogen and oxygen atoms in total. The quantitative estimate of drug-likeness (QED) is 0.186. The summed E-state index contributed by atoms with van der Waals surface area (Å²) in [5.74, 6) is 1.97. The Morgan fingerprint density at radius 1 is 0.385 bits per heavy atom. The molecule has 3 heterocycles. The lowest BCUT2D eigenvalue weighted by atomic mass is 10.0. The van der Waals surface area contributed by atoms with E-state index in [4.69, 9.17) is 15.0 Å². The summed E-state index contributed by atoms with van der Waals surface area (Å²) in [5.41, 5.74) is 6.44. The smallest absolute Gasteiger partial charge is 0.164 e. The molecule has 0 aliphatic carbocycles. The number of aromatic nitrogens is 4. The summed E-state index contributed by atoms with van der Waals surface area (Å²) in [6, 6.07) is 60.3. The highest BCUT2D eigenvalue weighted by Gasteiger charge is 2.18. The summed E-state index contributed by atoms with van der Waals surface area (Å²) in [5, 5.41) is 10.00. The highest BCUT2D eigenvalue weighted by Crippen LogP contribution is 2.43. The van der Waals surface area contributed by atoms with Crippen LogP contribution in [0.3, 0.4) is 0 Å². The molecule has 242 valence electrons.